The molecule has 0 fully saturated rings. The van der Waals surface area contributed by atoms with E-state index in [1.54, 1.807) is 0 Å². The lowest BCUT2D eigenvalue weighted by molar-refractivity contribution is 0.627. The third-order valence-electron chi connectivity index (χ3n) is 1.35. The maximum Gasteiger partial charge on any atom is 0.0219 e. The van der Waals surface area contributed by atoms with E-state index in [2.05, 4.69) is 25.1 Å². The van der Waals surface area contributed by atoms with E-state index >= 15 is 0 Å². The van der Waals surface area contributed by atoms with Crippen molar-refractivity contribution in [2.24, 2.45) is 0 Å². The van der Waals surface area contributed by atoms with Gasteiger partial charge in [-0.05, 0) is 31.9 Å². The molecule has 1 atom stereocenters. The molecule has 0 aliphatic heterocycles. The van der Waals surface area contributed by atoms with Crippen molar-refractivity contribution in [1.29, 1.82) is 0 Å². The largest absolute Gasteiger partial charge is 0.311 e. The summed E-state index contributed by atoms with van der Waals surface area (Å²) >= 11 is 1.90. The summed E-state index contributed by atoms with van der Waals surface area (Å²) in [5.74, 6) is 1.25. The summed E-state index contributed by atoms with van der Waals surface area (Å²) in [7, 11) is 0. The highest BCUT2D eigenvalue weighted by molar-refractivity contribution is 7.98. The second-order valence-electron chi connectivity index (χ2n) is 2.32. The van der Waals surface area contributed by atoms with Crippen molar-refractivity contribution in [2.45, 2.75) is 19.4 Å². The van der Waals surface area contributed by atoms with Crippen LogP contribution in [-0.2, 0) is 0 Å². The molecule has 0 radical (unpaired) electrons. The summed E-state index contributed by atoms with van der Waals surface area (Å²) in [4.78, 5) is 0. The summed E-state index contributed by atoms with van der Waals surface area (Å²) in [6.07, 6.45) is 5.31. The maximum absolute atomic E-state index is 3.69. The molecule has 10 heavy (non-hydrogen) atoms. The molecular formula is C8H17NS. The fraction of sp³-hybridized carbons (Fsp3) is 0.750. The molecule has 0 amide bonds. The molecule has 1 N–H and O–H groups in total. The molecule has 1 unspecified atom stereocenters. The summed E-state index contributed by atoms with van der Waals surface area (Å²) in [5, 5.41) is 3.34. The van der Waals surface area contributed by atoms with Gasteiger partial charge in [0.25, 0.3) is 0 Å². The Balaban J connectivity index is 2.95. The predicted octanol–water partition coefficient (Wildman–Crippen LogP) is 1.90. The summed E-state index contributed by atoms with van der Waals surface area (Å²) < 4.78 is 0. The lowest BCUT2D eigenvalue weighted by atomic mass is 10.3. The first-order chi connectivity index (χ1) is 4.81. The Labute approximate surface area is 68.3 Å². The van der Waals surface area contributed by atoms with Crippen molar-refractivity contribution in [2.75, 3.05) is 18.6 Å². The van der Waals surface area contributed by atoms with Crippen LogP contribution >= 0.6 is 11.8 Å². The smallest absolute Gasteiger partial charge is 0.0219 e. The van der Waals surface area contributed by atoms with Gasteiger partial charge in [-0.3, -0.25) is 0 Å². The minimum atomic E-state index is 0.460. The minimum Gasteiger partial charge on any atom is -0.311 e. The topological polar surface area (TPSA) is 12.0 Å². The fourth-order valence-corrected chi connectivity index (χ4v) is 1.06. The van der Waals surface area contributed by atoms with E-state index in [4.69, 9.17) is 0 Å². The van der Waals surface area contributed by atoms with E-state index < -0.39 is 0 Å². The quantitative estimate of drug-likeness (QED) is 0.469. The van der Waals surface area contributed by atoms with Crippen LogP contribution in [0.25, 0.3) is 0 Å². The molecule has 0 aliphatic rings. The van der Waals surface area contributed by atoms with Gasteiger partial charge >= 0.3 is 0 Å². The van der Waals surface area contributed by atoms with Crippen molar-refractivity contribution in [1.82, 2.24) is 5.32 Å². The van der Waals surface area contributed by atoms with E-state index in [9.17, 15) is 0 Å². The molecule has 60 valence electrons. The van der Waals surface area contributed by atoms with Crippen molar-refractivity contribution < 1.29 is 0 Å². The number of hydrogen-bond acceptors (Lipinski definition) is 2. The van der Waals surface area contributed by atoms with Gasteiger partial charge in [0.05, 0.1) is 0 Å². The van der Waals surface area contributed by atoms with Gasteiger partial charge < -0.3 is 5.32 Å². The standard InChI is InChI=1S/C8H17NS/c1-4-8(2)9-6-5-7-10-3/h4,8-9H,1,5-7H2,2-3H3. The van der Waals surface area contributed by atoms with Gasteiger partial charge in [-0.2, -0.15) is 11.8 Å². The second kappa shape index (κ2) is 7.16. The van der Waals surface area contributed by atoms with Crippen LogP contribution in [0.2, 0.25) is 0 Å². The molecule has 0 aromatic rings. The molecular weight excluding hydrogens is 142 g/mol. The lowest BCUT2D eigenvalue weighted by Crippen LogP contribution is -2.24. The van der Waals surface area contributed by atoms with Crippen LogP contribution in [0.3, 0.4) is 0 Å². The highest BCUT2D eigenvalue weighted by atomic mass is 32.2. The van der Waals surface area contributed by atoms with Gasteiger partial charge in [0.1, 0.15) is 0 Å². The zero-order valence-electron chi connectivity index (χ0n) is 6.89. The second-order valence-corrected chi connectivity index (χ2v) is 3.31. The van der Waals surface area contributed by atoms with Gasteiger partial charge in [-0.25, -0.2) is 0 Å². The van der Waals surface area contributed by atoms with Gasteiger partial charge in [0.2, 0.25) is 0 Å². The predicted molar refractivity (Wildman–Crippen MR) is 50.7 cm³/mol. The van der Waals surface area contributed by atoms with Gasteiger partial charge in [-0.1, -0.05) is 6.08 Å². The van der Waals surface area contributed by atoms with Crippen molar-refractivity contribution in [3.8, 4) is 0 Å². The zero-order chi connectivity index (χ0) is 7.82. The highest BCUT2D eigenvalue weighted by Crippen LogP contribution is 1.93. The van der Waals surface area contributed by atoms with Crippen LogP contribution in [0.5, 0.6) is 0 Å². The molecule has 0 aromatic carbocycles. The van der Waals surface area contributed by atoms with Gasteiger partial charge in [0.15, 0.2) is 0 Å². The number of nitrogens with one attached hydrogen (secondary N) is 1. The van der Waals surface area contributed by atoms with E-state index in [1.165, 1.54) is 12.2 Å². The van der Waals surface area contributed by atoms with Crippen LogP contribution in [0.1, 0.15) is 13.3 Å². The Bertz CT molecular complexity index is 83.3. The summed E-state index contributed by atoms with van der Waals surface area (Å²) in [6.45, 7) is 6.91. The van der Waals surface area contributed by atoms with Crippen molar-refractivity contribution in [3.63, 3.8) is 0 Å². The van der Waals surface area contributed by atoms with Gasteiger partial charge in [-0.15, -0.1) is 6.58 Å². The van der Waals surface area contributed by atoms with Crippen LogP contribution in [0, 0.1) is 0 Å². The van der Waals surface area contributed by atoms with Crippen LogP contribution in [0.4, 0.5) is 0 Å². The first-order valence-electron chi connectivity index (χ1n) is 3.66. The van der Waals surface area contributed by atoms with Gasteiger partial charge in [0, 0.05) is 6.04 Å². The van der Waals surface area contributed by atoms with Crippen LogP contribution < -0.4 is 5.32 Å². The van der Waals surface area contributed by atoms with E-state index in [0.717, 1.165) is 6.54 Å². The SMILES string of the molecule is C=CC(C)NCCCSC. The average Bonchev–Trinajstić information content (AvgIpc) is 1.98. The molecule has 2 heteroatoms. The number of hydrogen-bond donors (Lipinski definition) is 1. The molecule has 0 aliphatic carbocycles. The first-order valence-corrected chi connectivity index (χ1v) is 5.05. The monoisotopic (exact) mass is 159 g/mol. The molecule has 0 saturated heterocycles. The van der Waals surface area contributed by atoms with Crippen LogP contribution in [-0.4, -0.2) is 24.6 Å². The summed E-state index contributed by atoms with van der Waals surface area (Å²) in [5.41, 5.74) is 0. The Hall–Kier alpha value is 0.0500. The molecule has 0 heterocycles. The van der Waals surface area contributed by atoms with E-state index in [-0.39, 0.29) is 0 Å². The lowest BCUT2D eigenvalue weighted by Gasteiger charge is -2.07. The molecule has 0 aromatic heterocycles. The maximum atomic E-state index is 3.69. The first kappa shape index (κ1) is 10.0. The zero-order valence-corrected chi connectivity index (χ0v) is 7.71. The molecule has 0 rings (SSSR count). The Morgan fingerprint density at radius 2 is 2.40 bits per heavy atom. The summed E-state index contributed by atoms with van der Waals surface area (Å²) in [6, 6.07) is 0.460. The normalized spacial score (nSPS) is 13.0. The molecule has 0 saturated carbocycles. The third-order valence-corrected chi connectivity index (χ3v) is 2.04. The van der Waals surface area contributed by atoms with E-state index in [0.29, 0.717) is 6.04 Å². The Morgan fingerprint density at radius 1 is 1.70 bits per heavy atom. The van der Waals surface area contributed by atoms with E-state index in [1.807, 2.05) is 17.8 Å². The average molecular weight is 159 g/mol. The fourth-order valence-electron chi connectivity index (χ4n) is 0.630. The number of rotatable bonds is 6. The number of thioether (sulfide) groups is 1. The molecule has 0 bridgehead atoms. The Morgan fingerprint density at radius 3 is 2.90 bits per heavy atom. The Kier molecular flexibility index (Phi) is 7.20. The van der Waals surface area contributed by atoms with Crippen LogP contribution in [0.15, 0.2) is 12.7 Å². The highest BCUT2D eigenvalue weighted by Gasteiger charge is 1.91. The van der Waals surface area contributed by atoms with Crippen molar-refractivity contribution in [3.05, 3.63) is 12.7 Å². The van der Waals surface area contributed by atoms with Crippen molar-refractivity contribution >= 4 is 11.8 Å². The molecule has 1 nitrogen and oxygen atoms in total. The molecule has 0 spiro atoms. The minimum absolute atomic E-state index is 0.460. The third kappa shape index (κ3) is 6.17.